The molecule has 0 spiro atoms. The average molecular weight is 252 g/mol. The van der Waals surface area contributed by atoms with Crippen LogP contribution in [0.4, 0.5) is 0 Å². The second-order valence-electron chi connectivity index (χ2n) is 3.84. The fourth-order valence-electron chi connectivity index (χ4n) is 1.62. The topological polar surface area (TPSA) is 46.5 Å². The van der Waals surface area contributed by atoms with Gasteiger partial charge in [0.05, 0.1) is 7.11 Å². The van der Waals surface area contributed by atoms with E-state index in [4.69, 9.17) is 9.84 Å². The zero-order valence-electron chi connectivity index (χ0n) is 10.4. The lowest BCUT2D eigenvalue weighted by Crippen LogP contribution is -2.00. The molecule has 0 atom stereocenters. The second-order valence-corrected chi connectivity index (χ2v) is 3.84. The van der Waals surface area contributed by atoms with Crippen molar-refractivity contribution in [2.24, 2.45) is 0 Å². The van der Waals surface area contributed by atoms with Gasteiger partial charge < -0.3 is 9.84 Å². The summed E-state index contributed by atoms with van der Waals surface area (Å²) in [5.41, 5.74) is 1.64. The molecule has 0 fully saturated rings. The van der Waals surface area contributed by atoms with E-state index in [1.807, 2.05) is 30.3 Å². The molecule has 19 heavy (non-hydrogen) atoms. The monoisotopic (exact) mass is 252 g/mol. The van der Waals surface area contributed by atoms with Crippen LogP contribution in [0.2, 0.25) is 0 Å². The first-order valence-electron chi connectivity index (χ1n) is 5.69. The zero-order chi connectivity index (χ0) is 13.7. The highest BCUT2D eigenvalue weighted by Gasteiger charge is 2.10. The van der Waals surface area contributed by atoms with Crippen molar-refractivity contribution in [1.82, 2.24) is 0 Å². The molecule has 2 aromatic rings. The summed E-state index contributed by atoms with van der Waals surface area (Å²) in [7, 11) is 1.44. The van der Waals surface area contributed by atoms with E-state index >= 15 is 0 Å². The minimum Gasteiger partial charge on any atom is -0.496 e. The zero-order valence-corrected chi connectivity index (χ0v) is 10.4. The molecule has 0 amide bonds. The fourth-order valence-corrected chi connectivity index (χ4v) is 1.62. The molecule has 0 aliphatic rings. The Morgan fingerprint density at radius 1 is 1.05 bits per heavy atom. The van der Waals surface area contributed by atoms with Gasteiger partial charge in [0, 0.05) is 11.1 Å². The molecule has 0 saturated heterocycles. The van der Waals surface area contributed by atoms with Crippen LogP contribution in [0.1, 0.15) is 21.5 Å². The maximum absolute atomic E-state index is 11.1. The minimum absolute atomic E-state index is 0.113. The summed E-state index contributed by atoms with van der Waals surface area (Å²) in [5, 5.41) is 9.08. The largest absolute Gasteiger partial charge is 0.496 e. The molecule has 94 valence electrons. The lowest BCUT2D eigenvalue weighted by Gasteiger charge is -2.04. The van der Waals surface area contributed by atoms with Gasteiger partial charge in [-0.05, 0) is 30.3 Å². The summed E-state index contributed by atoms with van der Waals surface area (Å²) in [4.78, 5) is 11.1. The van der Waals surface area contributed by atoms with Gasteiger partial charge in [0.25, 0.3) is 0 Å². The Balaban J connectivity index is 2.35. The van der Waals surface area contributed by atoms with E-state index < -0.39 is 5.97 Å². The first-order valence-corrected chi connectivity index (χ1v) is 5.69. The van der Waals surface area contributed by atoms with Gasteiger partial charge in [-0.25, -0.2) is 4.79 Å². The average Bonchev–Trinajstić information content (AvgIpc) is 2.46. The predicted molar refractivity (Wildman–Crippen MR) is 72.4 cm³/mol. The number of benzene rings is 2. The molecule has 3 heteroatoms. The van der Waals surface area contributed by atoms with Crippen molar-refractivity contribution in [3.8, 4) is 17.6 Å². The molecule has 0 radical (unpaired) electrons. The van der Waals surface area contributed by atoms with Gasteiger partial charge in [-0.15, -0.1) is 0 Å². The van der Waals surface area contributed by atoms with E-state index in [9.17, 15) is 4.79 Å². The third-order valence-corrected chi connectivity index (χ3v) is 2.55. The normalized spacial score (nSPS) is 9.32. The summed E-state index contributed by atoms with van der Waals surface area (Å²) in [6, 6.07) is 14.4. The maximum Gasteiger partial charge on any atom is 0.339 e. The number of methoxy groups -OCH3 is 1. The van der Waals surface area contributed by atoms with Gasteiger partial charge >= 0.3 is 5.97 Å². The first-order chi connectivity index (χ1) is 9.20. The van der Waals surface area contributed by atoms with Crippen molar-refractivity contribution in [1.29, 1.82) is 0 Å². The van der Waals surface area contributed by atoms with Crippen molar-refractivity contribution in [2.75, 3.05) is 7.11 Å². The molecule has 0 unspecified atom stereocenters. The number of aromatic carboxylic acids is 1. The fraction of sp³-hybridized carbons (Fsp3) is 0.0625. The standard InChI is InChI=1S/C16H12O3/c1-19-15-10-9-13(11-14(15)16(17)18)8-7-12-5-3-2-4-6-12/h2-6,9-11H,1H3,(H,17,18). The van der Waals surface area contributed by atoms with Crippen molar-refractivity contribution in [2.45, 2.75) is 0 Å². The molecule has 2 aromatic carbocycles. The van der Waals surface area contributed by atoms with E-state index in [0.717, 1.165) is 5.56 Å². The lowest BCUT2D eigenvalue weighted by molar-refractivity contribution is 0.0693. The van der Waals surface area contributed by atoms with Crippen LogP contribution in [0.3, 0.4) is 0 Å². The van der Waals surface area contributed by atoms with Crippen molar-refractivity contribution in [3.05, 3.63) is 65.2 Å². The van der Waals surface area contributed by atoms with Gasteiger partial charge in [0.2, 0.25) is 0 Å². The van der Waals surface area contributed by atoms with Gasteiger partial charge in [0.1, 0.15) is 11.3 Å². The van der Waals surface area contributed by atoms with Crippen molar-refractivity contribution >= 4 is 5.97 Å². The number of carboxylic acid groups (broad SMARTS) is 1. The van der Waals surface area contributed by atoms with Crippen LogP contribution < -0.4 is 4.74 Å². The van der Waals surface area contributed by atoms with Crippen LogP contribution in [0.15, 0.2) is 48.5 Å². The molecule has 3 nitrogen and oxygen atoms in total. The minimum atomic E-state index is -1.03. The van der Waals surface area contributed by atoms with Crippen LogP contribution in [-0.4, -0.2) is 18.2 Å². The van der Waals surface area contributed by atoms with E-state index in [0.29, 0.717) is 11.3 Å². The van der Waals surface area contributed by atoms with Gasteiger partial charge in [-0.3, -0.25) is 0 Å². The highest BCUT2D eigenvalue weighted by molar-refractivity contribution is 5.91. The Bertz CT molecular complexity index is 649. The third-order valence-electron chi connectivity index (χ3n) is 2.55. The number of carbonyl (C=O) groups is 1. The van der Waals surface area contributed by atoms with Crippen molar-refractivity contribution in [3.63, 3.8) is 0 Å². The van der Waals surface area contributed by atoms with Gasteiger partial charge in [0.15, 0.2) is 0 Å². The van der Waals surface area contributed by atoms with Crippen LogP contribution in [0.25, 0.3) is 0 Å². The number of carboxylic acids is 1. The Kier molecular flexibility index (Phi) is 3.84. The SMILES string of the molecule is COc1ccc(C#Cc2ccccc2)cc1C(=O)O. The molecule has 1 N–H and O–H groups in total. The van der Waals surface area contributed by atoms with E-state index in [1.165, 1.54) is 13.2 Å². The quantitative estimate of drug-likeness (QED) is 0.836. The Morgan fingerprint density at radius 2 is 1.74 bits per heavy atom. The molecule has 0 aliphatic heterocycles. The first kappa shape index (κ1) is 12.7. The summed E-state index contributed by atoms with van der Waals surface area (Å²) in [5.74, 6) is 5.22. The number of hydrogen-bond donors (Lipinski definition) is 1. The van der Waals surface area contributed by atoms with E-state index in [2.05, 4.69) is 11.8 Å². The molecule has 0 bridgehead atoms. The molecule has 2 rings (SSSR count). The number of rotatable bonds is 2. The van der Waals surface area contributed by atoms with Crippen LogP contribution in [0.5, 0.6) is 5.75 Å². The molecular formula is C16H12O3. The highest BCUT2D eigenvalue weighted by atomic mass is 16.5. The molecular weight excluding hydrogens is 240 g/mol. The predicted octanol–water partition coefficient (Wildman–Crippen LogP) is 2.79. The summed E-state index contributed by atoms with van der Waals surface area (Å²) >= 11 is 0. The van der Waals surface area contributed by atoms with Gasteiger partial charge in [-0.2, -0.15) is 0 Å². The van der Waals surface area contributed by atoms with Crippen LogP contribution >= 0.6 is 0 Å². The Hall–Kier alpha value is -2.73. The number of hydrogen-bond acceptors (Lipinski definition) is 2. The molecule has 0 aliphatic carbocycles. The second kappa shape index (κ2) is 5.74. The third kappa shape index (κ3) is 3.14. The summed E-state index contributed by atoms with van der Waals surface area (Å²) in [6.45, 7) is 0. The highest BCUT2D eigenvalue weighted by Crippen LogP contribution is 2.19. The molecule has 0 aromatic heterocycles. The lowest BCUT2D eigenvalue weighted by atomic mass is 10.1. The van der Waals surface area contributed by atoms with E-state index in [-0.39, 0.29) is 5.56 Å². The smallest absolute Gasteiger partial charge is 0.339 e. The van der Waals surface area contributed by atoms with Crippen LogP contribution in [0, 0.1) is 11.8 Å². The van der Waals surface area contributed by atoms with Crippen molar-refractivity contribution < 1.29 is 14.6 Å². The van der Waals surface area contributed by atoms with Gasteiger partial charge in [-0.1, -0.05) is 30.0 Å². The maximum atomic E-state index is 11.1. The Labute approximate surface area is 111 Å². The Morgan fingerprint density at radius 3 is 2.37 bits per heavy atom. The molecule has 0 saturated carbocycles. The number of ether oxygens (including phenoxy) is 1. The van der Waals surface area contributed by atoms with Crippen LogP contribution in [-0.2, 0) is 0 Å². The molecule has 0 heterocycles. The van der Waals surface area contributed by atoms with E-state index in [1.54, 1.807) is 12.1 Å². The summed E-state index contributed by atoms with van der Waals surface area (Å²) < 4.78 is 5.00. The summed E-state index contributed by atoms with van der Waals surface area (Å²) in [6.07, 6.45) is 0.